The first-order chi connectivity index (χ1) is 18.5. The van der Waals surface area contributed by atoms with E-state index in [1.165, 1.54) is 0 Å². The quantitative estimate of drug-likeness (QED) is 0.331. The van der Waals surface area contributed by atoms with Gasteiger partial charge in [-0.3, -0.25) is 14.3 Å². The standard InChI is InChI=1S/C29H36N6O3/c1-5-38-20(2)16-33-14-8-9-22(17-33)18-34-28(25-12-7-13-30-21(25)3)31-26-19-35(32-27(26)29(34)36)23-10-6-11-24(15-23)37-4/h6-7,10-13,15,19-20,22H,5,8-9,14,16-18H2,1-4H3/t20-,22+/m1/s1. The minimum atomic E-state index is -0.130. The second kappa shape index (κ2) is 11.4. The molecule has 9 nitrogen and oxygen atoms in total. The maximum Gasteiger partial charge on any atom is 0.282 e. The Labute approximate surface area is 223 Å². The largest absolute Gasteiger partial charge is 0.497 e. The van der Waals surface area contributed by atoms with Crippen molar-refractivity contribution < 1.29 is 9.47 Å². The summed E-state index contributed by atoms with van der Waals surface area (Å²) in [5, 5.41) is 4.67. The Morgan fingerprint density at radius 2 is 2.08 bits per heavy atom. The minimum absolute atomic E-state index is 0.130. The van der Waals surface area contributed by atoms with Gasteiger partial charge in [0.2, 0.25) is 0 Å². The number of hydrogen-bond acceptors (Lipinski definition) is 7. The first-order valence-corrected chi connectivity index (χ1v) is 13.4. The summed E-state index contributed by atoms with van der Waals surface area (Å²) in [4.78, 5) is 25.9. The normalized spacial score (nSPS) is 17.1. The van der Waals surface area contributed by atoms with Crippen LogP contribution < -0.4 is 10.3 Å². The molecule has 1 aliphatic rings. The van der Waals surface area contributed by atoms with E-state index in [1.807, 2.05) is 61.0 Å². The maximum absolute atomic E-state index is 14.0. The monoisotopic (exact) mass is 516 g/mol. The Bertz CT molecular complexity index is 1460. The highest BCUT2D eigenvalue weighted by Crippen LogP contribution is 2.25. The van der Waals surface area contributed by atoms with E-state index in [0.29, 0.717) is 29.3 Å². The molecule has 5 rings (SSSR count). The number of fused-ring (bicyclic) bond motifs is 1. The first-order valence-electron chi connectivity index (χ1n) is 13.4. The number of aromatic nitrogens is 5. The van der Waals surface area contributed by atoms with Gasteiger partial charge in [-0.2, -0.15) is 5.10 Å². The molecule has 3 aromatic heterocycles. The van der Waals surface area contributed by atoms with E-state index in [4.69, 9.17) is 14.5 Å². The molecule has 200 valence electrons. The van der Waals surface area contributed by atoms with E-state index in [1.54, 1.807) is 18.0 Å². The van der Waals surface area contributed by atoms with Crippen LogP contribution >= 0.6 is 0 Å². The predicted octanol–water partition coefficient (Wildman–Crippen LogP) is 4.10. The molecular weight excluding hydrogens is 480 g/mol. The molecule has 1 saturated heterocycles. The number of ether oxygens (including phenoxy) is 2. The molecule has 0 N–H and O–H groups in total. The van der Waals surface area contributed by atoms with Crippen molar-refractivity contribution in [3.05, 3.63) is 64.8 Å². The van der Waals surface area contributed by atoms with Gasteiger partial charge in [0.25, 0.3) is 5.56 Å². The van der Waals surface area contributed by atoms with Crippen LogP contribution in [-0.4, -0.2) is 68.7 Å². The molecule has 0 unspecified atom stereocenters. The lowest BCUT2D eigenvalue weighted by Gasteiger charge is -2.34. The van der Waals surface area contributed by atoms with Crippen molar-refractivity contribution >= 4 is 11.0 Å². The van der Waals surface area contributed by atoms with Crippen LogP contribution in [0.5, 0.6) is 5.75 Å². The van der Waals surface area contributed by atoms with Crippen molar-refractivity contribution in [2.24, 2.45) is 5.92 Å². The molecule has 0 amide bonds. The topological polar surface area (TPSA) is 87.3 Å². The number of methoxy groups -OCH3 is 1. The van der Waals surface area contributed by atoms with Gasteiger partial charge in [-0.15, -0.1) is 0 Å². The Morgan fingerprint density at radius 1 is 1.21 bits per heavy atom. The third-order valence-corrected chi connectivity index (χ3v) is 7.20. The number of aryl methyl sites for hydroxylation is 1. The molecular formula is C29H36N6O3. The van der Waals surface area contributed by atoms with Crippen LogP contribution in [0.15, 0.2) is 53.6 Å². The number of pyridine rings is 1. The smallest absolute Gasteiger partial charge is 0.282 e. The number of benzene rings is 1. The number of piperidine rings is 1. The summed E-state index contributed by atoms with van der Waals surface area (Å²) in [6.45, 7) is 10.3. The molecule has 1 fully saturated rings. The van der Waals surface area contributed by atoms with Gasteiger partial charge in [-0.25, -0.2) is 9.67 Å². The third kappa shape index (κ3) is 5.49. The lowest BCUT2D eigenvalue weighted by atomic mass is 9.97. The lowest BCUT2D eigenvalue weighted by molar-refractivity contribution is 0.0321. The number of rotatable bonds is 9. The zero-order valence-electron chi connectivity index (χ0n) is 22.6. The Hall–Kier alpha value is -3.56. The van der Waals surface area contributed by atoms with Crippen LogP contribution in [0.25, 0.3) is 28.1 Å². The molecule has 0 radical (unpaired) electrons. The SMILES string of the molecule is CCO[C@H](C)CN1CCC[C@H](Cn2c(-c3cccnc3C)nc3cn(-c4cccc(OC)c4)nc3c2=O)C1. The molecule has 0 saturated carbocycles. The summed E-state index contributed by atoms with van der Waals surface area (Å²) in [6.07, 6.45) is 5.92. The number of hydrogen-bond donors (Lipinski definition) is 0. The van der Waals surface area contributed by atoms with Crippen molar-refractivity contribution in [1.82, 2.24) is 29.2 Å². The molecule has 1 aromatic carbocycles. The highest BCUT2D eigenvalue weighted by Gasteiger charge is 2.25. The van der Waals surface area contributed by atoms with Gasteiger partial charge in [-0.1, -0.05) is 6.07 Å². The summed E-state index contributed by atoms with van der Waals surface area (Å²) in [5.41, 5.74) is 3.29. The number of nitrogens with zero attached hydrogens (tertiary/aromatic N) is 6. The summed E-state index contributed by atoms with van der Waals surface area (Å²) in [6, 6.07) is 11.5. The van der Waals surface area contributed by atoms with Crippen LogP contribution in [0.2, 0.25) is 0 Å². The second-order valence-electron chi connectivity index (χ2n) is 10.0. The highest BCUT2D eigenvalue weighted by molar-refractivity contribution is 5.76. The van der Waals surface area contributed by atoms with Gasteiger partial charge in [0.05, 0.1) is 25.1 Å². The molecule has 0 aliphatic carbocycles. The van der Waals surface area contributed by atoms with E-state index in [0.717, 1.165) is 61.8 Å². The Balaban J connectivity index is 1.54. The van der Waals surface area contributed by atoms with Crippen molar-refractivity contribution in [1.29, 1.82) is 0 Å². The molecule has 0 bridgehead atoms. The lowest BCUT2D eigenvalue weighted by Crippen LogP contribution is -2.42. The summed E-state index contributed by atoms with van der Waals surface area (Å²) in [5.74, 6) is 1.68. The molecule has 2 atom stereocenters. The molecule has 0 spiro atoms. The van der Waals surface area contributed by atoms with Crippen LogP contribution in [0.1, 0.15) is 32.4 Å². The summed E-state index contributed by atoms with van der Waals surface area (Å²) in [7, 11) is 1.63. The van der Waals surface area contributed by atoms with E-state index in [-0.39, 0.29) is 11.7 Å². The zero-order valence-corrected chi connectivity index (χ0v) is 22.6. The van der Waals surface area contributed by atoms with Gasteiger partial charge in [0.15, 0.2) is 5.52 Å². The fourth-order valence-electron chi connectivity index (χ4n) is 5.40. The first kappa shape index (κ1) is 26.1. The van der Waals surface area contributed by atoms with Crippen molar-refractivity contribution in [3.63, 3.8) is 0 Å². The highest BCUT2D eigenvalue weighted by atomic mass is 16.5. The van der Waals surface area contributed by atoms with Gasteiger partial charge >= 0.3 is 0 Å². The fraction of sp³-hybridized carbons (Fsp3) is 0.448. The zero-order chi connectivity index (χ0) is 26.6. The van der Waals surface area contributed by atoms with E-state index in [9.17, 15) is 4.79 Å². The predicted molar refractivity (Wildman–Crippen MR) is 148 cm³/mol. The Morgan fingerprint density at radius 3 is 2.87 bits per heavy atom. The van der Waals surface area contributed by atoms with Crippen LogP contribution in [0.3, 0.4) is 0 Å². The van der Waals surface area contributed by atoms with E-state index >= 15 is 0 Å². The minimum Gasteiger partial charge on any atom is -0.497 e. The average Bonchev–Trinajstić information content (AvgIpc) is 3.36. The molecule has 9 heteroatoms. The fourth-order valence-corrected chi connectivity index (χ4v) is 5.40. The van der Waals surface area contributed by atoms with Crippen LogP contribution in [-0.2, 0) is 11.3 Å². The van der Waals surface area contributed by atoms with E-state index in [2.05, 4.69) is 21.9 Å². The number of likely N-dealkylation sites (tertiary alicyclic amines) is 1. The summed E-state index contributed by atoms with van der Waals surface area (Å²) >= 11 is 0. The van der Waals surface area contributed by atoms with Crippen molar-refractivity contribution in [2.45, 2.75) is 46.3 Å². The van der Waals surface area contributed by atoms with Gasteiger partial charge in [-0.05, 0) is 70.3 Å². The van der Waals surface area contributed by atoms with Crippen molar-refractivity contribution in [2.75, 3.05) is 33.4 Å². The van der Waals surface area contributed by atoms with Gasteiger partial charge in [0.1, 0.15) is 17.1 Å². The van der Waals surface area contributed by atoms with Gasteiger partial charge < -0.3 is 14.4 Å². The molecule has 4 aromatic rings. The Kier molecular flexibility index (Phi) is 7.85. The molecule has 38 heavy (non-hydrogen) atoms. The molecule has 4 heterocycles. The van der Waals surface area contributed by atoms with E-state index < -0.39 is 0 Å². The van der Waals surface area contributed by atoms with Crippen LogP contribution in [0, 0.1) is 12.8 Å². The van der Waals surface area contributed by atoms with Crippen LogP contribution in [0.4, 0.5) is 0 Å². The van der Waals surface area contributed by atoms with Crippen molar-refractivity contribution in [3.8, 4) is 22.8 Å². The third-order valence-electron chi connectivity index (χ3n) is 7.20. The maximum atomic E-state index is 14.0. The average molecular weight is 517 g/mol. The summed E-state index contributed by atoms with van der Waals surface area (Å²) < 4.78 is 14.7. The van der Waals surface area contributed by atoms with Gasteiger partial charge in [0, 0.05) is 49.8 Å². The molecule has 1 aliphatic heterocycles. The second-order valence-corrected chi connectivity index (χ2v) is 10.0.